The lowest BCUT2D eigenvalue weighted by atomic mass is 9.59. The highest BCUT2D eigenvalue weighted by atomic mass is 35.5. The van der Waals surface area contributed by atoms with E-state index in [0.717, 1.165) is 0 Å². The fraction of sp³-hybridized carbons (Fsp3) is 0.235. The molecule has 19 heavy (non-hydrogen) atoms. The van der Waals surface area contributed by atoms with Gasteiger partial charge >= 0.3 is 0 Å². The van der Waals surface area contributed by atoms with Gasteiger partial charge < -0.3 is 0 Å². The van der Waals surface area contributed by atoms with Gasteiger partial charge in [0.1, 0.15) is 4.87 Å². The zero-order valence-electron chi connectivity index (χ0n) is 10.3. The van der Waals surface area contributed by atoms with Crippen LogP contribution in [0.5, 0.6) is 0 Å². The zero-order chi connectivity index (χ0) is 13.0. The van der Waals surface area contributed by atoms with Gasteiger partial charge in [-0.25, -0.2) is 0 Å². The number of fused-ring (bicyclic) bond motifs is 1. The van der Waals surface area contributed by atoms with Crippen molar-refractivity contribution in [1.82, 2.24) is 0 Å². The Bertz CT molecular complexity index is 668. The van der Waals surface area contributed by atoms with E-state index >= 15 is 0 Å². The SMILES string of the molecule is N#C[C@@]1(Cl)CC2c3ccccc3C1c1ccccc12. The third-order valence-corrected chi connectivity index (χ3v) is 4.97. The van der Waals surface area contributed by atoms with Crippen molar-refractivity contribution in [2.45, 2.75) is 23.1 Å². The van der Waals surface area contributed by atoms with Gasteiger partial charge in [-0.2, -0.15) is 5.26 Å². The van der Waals surface area contributed by atoms with Crippen molar-refractivity contribution >= 4 is 11.6 Å². The van der Waals surface area contributed by atoms with E-state index in [9.17, 15) is 5.26 Å². The number of benzene rings is 2. The van der Waals surface area contributed by atoms with Gasteiger partial charge in [0, 0.05) is 11.8 Å². The van der Waals surface area contributed by atoms with E-state index < -0.39 is 4.87 Å². The Hall–Kier alpha value is -1.78. The van der Waals surface area contributed by atoms with E-state index in [-0.39, 0.29) is 11.8 Å². The molecule has 1 nitrogen and oxygen atoms in total. The largest absolute Gasteiger partial charge is 0.196 e. The van der Waals surface area contributed by atoms with Gasteiger partial charge in [-0.05, 0) is 28.7 Å². The normalized spacial score (nSPS) is 30.3. The molecule has 0 heterocycles. The molecule has 0 saturated heterocycles. The Morgan fingerprint density at radius 2 is 1.42 bits per heavy atom. The van der Waals surface area contributed by atoms with Crippen molar-refractivity contribution in [2.75, 3.05) is 0 Å². The topological polar surface area (TPSA) is 23.8 Å². The summed E-state index contributed by atoms with van der Waals surface area (Å²) in [6.07, 6.45) is 0.712. The maximum Gasteiger partial charge on any atom is 0.142 e. The van der Waals surface area contributed by atoms with E-state index in [1.807, 2.05) is 12.1 Å². The molecule has 92 valence electrons. The van der Waals surface area contributed by atoms with Gasteiger partial charge in [0.15, 0.2) is 0 Å². The van der Waals surface area contributed by atoms with Crippen LogP contribution in [0.4, 0.5) is 0 Å². The summed E-state index contributed by atoms with van der Waals surface area (Å²) in [4.78, 5) is -0.798. The first-order valence-corrected chi connectivity index (χ1v) is 6.90. The maximum atomic E-state index is 9.54. The smallest absolute Gasteiger partial charge is 0.142 e. The van der Waals surface area contributed by atoms with Crippen LogP contribution in [0.15, 0.2) is 48.5 Å². The van der Waals surface area contributed by atoms with Crippen LogP contribution in [-0.4, -0.2) is 4.87 Å². The number of hydrogen-bond donors (Lipinski definition) is 0. The monoisotopic (exact) mass is 265 g/mol. The van der Waals surface area contributed by atoms with Crippen LogP contribution in [0.3, 0.4) is 0 Å². The van der Waals surface area contributed by atoms with Crippen molar-refractivity contribution in [1.29, 1.82) is 5.26 Å². The summed E-state index contributed by atoms with van der Waals surface area (Å²) in [7, 11) is 0. The van der Waals surface area contributed by atoms with Gasteiger partial charge in [0.25, 0.3) is 0 Å². The van der Waals surface area contributed by atoms with E-state index in [0.29, 0.717) is 6.42 Å². The fourth-order valence-corrected chi connectivity index (χ4v) is 4.14. The second kappa shape index (κ2) is 3.62. The van der Waals surface area contributed by atoms with Crippen LogP contribution >= 0.6 is 11.6 Å². The van der Waals surface area contributed by atoms with Crippen molar-refractivity contribution in [3.8, 4) is 6.07 Å². The Labute approximate surface area is 117 Å². The predicted molar refractivity (Wildman–Crippen MR) is 75.4 cm³/mol. The van der Waals surface area contributed by atoms with Gasteiger partial charge in [0.05, 0.1) is 6.07 Å². The lowest BCUT2D eigenvalue weighted by molar-refractivity contribution is 0.460. The molecule has 0 aliphatic heterocycles. The Balaban J connectivity index is 2.07. The lowest BCUT2D eigenvalue weighted by Crippen LogP contribution is -2.41. The first-order valence-electron chi connectivity index (χ1n) is 6.52. The summed E-state index contributed by atoms with van der Waals surface area (Å²) < 4.78 is 0. The second-order valence-electron chi connectivity index (χ2n) is 5.42. The van der Waals surface area contributed by atoms with Gasteiger partial charge in [-0.1, -0.05) is 48.5 Å². The molecule has 0 fully saturated rings. The molecule has 3 aliphatic carbocycles. The lowest BCUT2D eigenvalue weighted by Gasteiger charge is -2.47. The van der Waals surface area contributed by atoms with Crippen LogP contribution < -0.4 is 0 Å². The molecule has 0 radical (unpaired) electrons. The quantitative estimate of drug-likeness (QED) is 0.656. The predicted octanol–water partition coefficient (Wildman–Crippen LogP) is 4.17. The molecule has 0 unspecified atom stereocenters. The van der Waals surface area contributed by atoms with Crippen molar-refractivity contribution in [3.63, 3.8) is 0 Å². The third-order valence-electron chi connectivity index (χ3n) is 4.51. The highest BCUT2D eigenvalue weighted by Crippen LogP contribution is 2.59. The summed E-state index contributed by atoms with van der Waals surface area (Å²) in [6, 6.07) is 19.2. The van der Waals surface area contributed by atoms with E-state index in [1.54, 1.807) is 0 Å². The number of halogens is 1. The molecular formula is C17H12ClN. The molecule has 0 spiro atoms. The molecule has 3 aliphatic rings. The first-order chi connectivity index (χ1) is 9.24. The minimum absolute atomic E-state index is 0.00318. The maximum absolute atomic E-state index is 9.54. The first kappa shape index (κ1) is 11.1. The zero-order valence-corrected chi connectivity index (χ0v) is 11.1. The van der Waals surface area contributed by atoms with Crippen LogP contribution in [0.1, 0.15) is 40.5 Å². The highest BCUT2D eigenvalue weighted by Gasteiger charge is 2.52. The fourth-order valence-electron chi connectivity index (χ4n) is 3.76. The van der Waals surface area contributed by atoms with E-state index in [4.69, 9.17) is 11.6 Å². The summed E-state index contributed by atoms with van der Waals surface area (Å²) in [5, 5.41) is 9.54. The van der Waals surface area contributed by atoms with Crippen LogP contribution in [0.2, 0.25) is 0 Å². The molecule has 2 aromatic rings. The summed E-state index contributed by atoms with van der Waals surface area (Å²) in [5.41, 5.74) is 5.15. The number of hydrogen-bond acceptors (Lipinski definition) is 1. The van der Waals surface area contributed by atoms with Gasteiger partial charge in [-0.15, -0.1) is 11.6 Å². The van der Waals surface area contributed by atoms with Crippen molar-refractivity contribution in [2.24, 2.45) is 0 Å². The minimum atomic E-state index is -0.798. The molecule has 2 heteroatoms. The Kier molecular flexibility index (Phi) is 2.11. The van der Waals surface area contributed by atoms with Crippen LogP contribution in [0.25, 0.3) is 0 Å². The number of alkyl halides is 1. The third kappa shape index (κ3) is 1.30. The van der Waals surface area contributed by atoms with Crippen LogP contribution in [0, 0.1) is 11.3 Å². The summed E-state index contributed by atoms with van der Waals surface area (Å²) in [6.45, 7) is 0. The molecule has 0 aromatic heterocycles. The molecular weight excluding hydrogens is 254 g/mol. The Morgan fingerprint density at radius 3 is 1.89 bits per heavy atom. The Morgan fingerprint density at radius 1 is 0.947 bits per heavy atom. The summed E-state index contributed by atoms with van der Waals surface area (Å²) in [5.74, 6) is 0.256. The van der Waals surface area contributed by atoms with Crippen molar-refractivity contribution in [3.05, 3.63) is 70.8 Å². The number of nitrogens with zero attached hydrogens (tertiary/aromatic N) is 1. The molecule has 0 saturated carbocycles. The molecule has 1 atom stereocenters. The van der Waals surface area contributed by atoms with E-state index in [2.05, 4.69) is 42.5 Å². The standard InChI is InChI=1S/C17H12ClN/c18-17(10-19)9-15-11-5-1-3-7-13(11)16(17)14-8-4-2-6-12(14)15/h1-8,15-16H,9H2/t15?,16?,17-/m0/s1. The number of nitriles is 1. The number of rotatable bonds is 0. The molecule has 2 aromatic carbocycles. The van der Waals surface area contributed by atoms with E-state index in [1.165, 1.54) is 22.3 Å². The highest BCUT2D eigenvalue weighted by molar-refractivity contribution is 6.27. The summed E-state index contributed by atoms with van der Waals surface area (Å²) >= 11 is 6.65. The second-order valence-corrected chi connectivity index (χ2v) is 6.10. The molecule has 0 amide bonds. The average Bonchev–Trinajstić information content (AvgIpc) is 2.47. The minimum Gasteiger partial charge on any atom is -0.196 e. The van der Waals surface area contributed by atoms with Crippen molar-refractivity contribution < 1.29 is 0 Å². The van der Waals surface area contributed by atoms with Gasteiger partial charge in [0.2, 0.25) is 0 Å². The van der Waals surface area contributed by atoms with Gasteiger partial charge in [-0.3, -0.25) is 0 Å². The molecule has 2 bridgehead atoms. The van der Waals surface area contributed by atoms with Crippen LogP contribution in [-0.2, 0) is 0 Å². The average molecular weight is 266 g/mol. The molecule has 0 N–H and O–H groups in total. The molecule has 5 rings (SSSR count).